The molecule has 0 aromatic heterocycles. The van der Waals surface area contributed by atoms with Crippen molar-refractivity contribution in [1.82, 2.24) is 3.93 Å². The van der Waals surface area contributed by atoms with Gasteiger partial charge in [0.05, 0.1) is 41.5 Å². The second kappa shape index (κ2) is 9.53. The molecule has 1 aliphatic heterocycles. The number of hydrogen-bond acceptors (Lipinski definition) is 6. The number of imide groups is 1. The van der Waals surface area contributed by atoms with E-state index in [0.29, 0.717) is 29.3 Å². The molecule has 1 aliphatic rings. The lowest BCUT2D eigenvalue weighted by Crippen LogP contribution is -2.16. The van der Waals surface area contributed by atoms with Gasteiger partial charge in [-0.1, -0.05) is 15.9 Å². The van der Waals surface area contributed by atoms with Crippen molar-refractivity contribution < 1.29 is 28.7 Å². The molecule has 0 radical (unpaired) electrons. The molecular weight excluding hydrogens is 450 g/mol. The van der Waals surface area contributed by atoms with Crippen molar-refractivity contribution in [2.75, 3.05) is 14.2 Å². The molecule has 0 saturated carbocycles. The molecule has 1 heterocycles. The number of methoxy groups -OCH3 is 2. The maximum Gasteiger partial charge on any atom is 0.337 e. The number of esters is 2. The molecule has 0 bridgehead atoms. The minimum absolute atomic E-state index is 0.144. The molecule has 9 heteroatoms. The quantitative estimate of drug-likeness (QED) is 0.295. The summed E-state index contributed by atoms with van der Waals surface area (Å²) in [5, 5.41) is 0.543. The fourth-order valence-electron chi connectivity index (χ4n) is 1.79. The zero-order valence-corrected chi connectivity index (χ0v) is 16.2. The average Bonchev–Trinajstić information content (AvgIpc) is 2.91. The normalized spacial score (nSPS) is 13.2. The van der Waals surface area contributed by atoms with Crippen molar-refractivity contribution in [3.8, 4) is 0 Å². The fraction of sp³-hybridized carbons (Fsp3) is 0.333. The minimum Gasteiger partial charge on any atom is -0.465 e. The van der Waals surface area contributed by atoms with Gasteiger partial charge in [0.1, 0.15) is 0 Å². The van der Waals surface area contributed by atoms with Gasteiger partial charge in [0, 0.05) is 18.2 Å². The van der Waals surface area contributed by atoms with Gasteiger partial charge < -0.3 is 9.47 Å². The van der Waals surface area contributed by atoms with E-state index in [4.69, 9.17) is 0 Å². The van der Waals surface area contributed by atoms with Crippen LogP contribution in [0.2, 0.25) is 0 Å². The van der Waals surface area contributed by atoms with E-state index in [9.17, 15) is 19.2 Å². The second-order valence-electron chi connectivity index (χ2n) is 4.60. The predicted octanol–water partition coefficient (Wildman–Crippen LogP) is 2.60. The summed E-state index contributed by atoms with van der Waals surface area (Å²) in [7, 11) is 2.59. The summed E-state index contributed by atoms with van der Waals surface area (Å²) in [4.78, 5) is 43.6. The smallest absolute Gasteiger partial charge is 0.337 e. The van der Waals surface area contributed by atoms with Gasteiger partial charge in [-0.15, -0.1) is 0 Å². The molecular formula is C15H15Br2NO6. The van der Waals surface area contributed by atoms with E-state index < -0.39 is 11.9 Å². The maximum absolute atomic E-state index is 11.4. The summed E-state index contributed by atoms with van der Waals surface area (Å²) in [5.74, 6) is -1.24. The Balaban J connectivity index is 0.000000300. The van der Waals surface area contributed by atoms with Crippen LogP contribution in [0, 0.1) is 0 Å². The molecule has 0 unspecified atom stereocenters. The molecule has 130 valence electrons. The van der Waals surface area contributed by atoms with Crippen LogP contribution in [0.1, 0.15) is 39.1 Å². The van der Waals surface area contributed by atoms with Gasteiger partial charge in [-0.2, -0.15) is 0 Å². The lowest BCUT2D eigenvalue weighted by atomic mass is 10.1. The molecule has 2 amide bonds. The molecule has 2 rings (SSSR count). The van der Waals surface area contributed by atoms with Crippen LogP contribution in [0.5, 0.6) is 0 Å². The molecule has 24 heavy (non-hydrogen) atoms. The Morgan fingerprint density at radius 1 is 1.00 bits per heavy atom. The highest BCUT2D eigenvalue weighted by atomic mass is 79.9. The zero-order chi connectivity index (χ0) is 18.3. The van der Waals surface area contributed by atoms with Gasteiger partial charge in [-0.3, -0.25) is 9.59 Å². The first-order chi connectivity index (χ1) is 11.3. The third-order valence-electron chi connectivity index (χ3n) is 2.98. The van der Waals surface area contributed by atoms with Crippen molar-refractivity contribution in [3.63, 3.8) is 0 Å². The highest BCUT2D eigenvalue weighted by molar-refractivity contribution is 9.08. The van der Waals surface area contributed by atoms with Crippen LogP contribution in [0.25, 0.3) is 0 Å². The summed E-state index contributed by atoms with van der Waals surface area (Å²) in [6.07, 6.45) is 0.703. The van der Waals surface area contributed by atoms with Gasteiger partial charge >= 0.3 is 11.9 Å². The SMILES string of the molecule is COC(=O)c1cc(CBr)cc(C(=O)OC)c1.O=C1CCC(=O)N1Br. The Labute approximate surface area is 155 Å². The number of amides is 2. The standard InChI is InChI=1S/C11H11BrO4.C4H4BrNO2/c1-15-10(13)8-3-7(6-12)4-9(5-8)11(14)16-2;5-6-3(7)1-2-4(6)8/h3-5H,6H2,1-2H3;1-2H2. The number of carbonyl (C=O) groups excluding carboxylic acids is 4. The average molecular weight is 465 g/mol. The van der Waals surface area contributed by atoms with Gasteiger partial charge in [0.2, 0.25) is 11.8 Å². The Morgan fingerprint density at radius 3 is 1.67 bits per heavy atom. The van der Waals surface area contributed by atoms with E-state index in [1.54, 1.807) is 12.1 Å². The van der Waals surface area contributed by atoms with Gasteiger partial charge in [-0.25, -0.2) is 13.5 Å². The van der Waals surface area contributed by atoms with E-state index in [2.05, 4.69) is 41.6 Å². The van der Waals surface area contributed by atoms with E-state index in [0.717, 1.165) is 9.49 Å². The number of ether oxygens (including phenoxy) is 2. The summed E-state index contributed by atoms with van der Waals surface area (Å²) in [5.41, 5.74) is 1.48. The molecule has 7 nitrogen and oxygen atoms in total. The molecule has 0 atom stereocenters. The maximum atomic E-state index is 11.4. The highest BCUT2D eigenvalue weighted by Gasteiger charge is 2.26. The number of alkyl halides is 1. The minimum atomic E-state index is -0.479. The van der Waals surface area contributed by atoms with E-state index in [-0.39, 0.29) is 11.8 Å². The van der Waals surface area contributed by atoms with Gasteiger partial charge in [-0.05, 0) is 23.8 Å². The number of halogens is 2. The Bertz CT molecular complexity index is 611. The molecule has 0 N–H and O–H groups in total. The number of carbonyl (C=O) groups is 4. The Kier molecular flexibility index (Phi) is 8.06. The molecule has 1 fully saturated rings. The highest BCUT2D eigenvalue weighted by Crippen LogP contribution is 2.15. The van der Waals surface area contributed by atoms with Crippen LogP contribution in [-0.4, -0.2) is 41.9 Å². The molecule has 1 aromatic carbocycles. The van der Waals surface area contributed by atoms with Crippen molar-refractivity contribution in [2.24, 2.45) is 0 Å². The Morgan fingerprint density at radius 2 is 1.42 bits per heavy atom. The van der Waals surface area contributed by atoms with Crippen LogP contribution in [0.4, 0.5) is 0 Å². The number of rotatable bonds is 3. The lowest BCUT2D eigenvalue weighted by Gasteiger charge is -2.05. The van der Waals surface area contributed by atoms with Crippen LogP contribution in [0.3, 0.4) is 0 Å². The Hall–Kier alpha value is -1.74. The zero-order valence-electron chi connectivity index (χ0n) is 13.0. The van der Waals surface area contributed by atoms with Crippen LogP contribution in [0.15, 0.2) is 18.2 Å². The van der Waals surface area contributed by atoms with E-state index >= 15 is 0 Å². The predicted molar refractivity (Wildman–Crippen MR) is 91.8 cm³/mol. The second-order valence-corrected chi connectivity index (χ2v) is 5.87. The number of benzene rings is 1. The summed E-state index contributed by atoms with van der Waals surface area (Å²) in [6.45, 7) is 0. The molecule has 0 spiro atoms. The van der Waals surface area contributed by atoms with Gasteiger partial charge in [0.15, 0.2) is 0 Å². The summed E-state index contributed by atoms with van der Waals surface area (Å²) in [6, 6.07) is 4.77. The van der Waals surface area contributed by atoms with Crippen LogP contribution < -0.4 is 0 Å². The van der Waals surface area contributed by atoms with Crippen molar-refractivity contribution in [3.05, 3.63) is 34.9 Å². The molecule has 0 aliphatic carbocycles. The number of nitrogens with zero attached hydrogens (tertiary/aromatic N) is 1. The van der Waals surface area contributed by atoms with Crippen LogP contribution in [-0.2, 0) is 24.4 Å². The fourth-order valence-corrected chi connectivity index (χ4v) is 2.47. The van der Waals surface area contributed by atoms with Crippen molar-refractivity contribution in [1.29, 1.82) is 0 Å². The van der Waals surface area contributed by atoms with Crippen LogP contribution >= 0.6 is 32.1 Å². The first kappa shape index (κ1) is 20.3. The summed E-state index contributed by atoms with van der Waals surface area (Å²) < 4.78 is 10.2. The molecule has 1 aromatic rings. The monoisotopic (exact) mass is 463 g/mol. The lowest BCUT2D eigenvalue weighted by molar-refractivity contribution is -0.131. The first-order valence-electron chi connectivity index (χ1n) is 6.72. The van der Waals surface area contributed by atoms with Crippen molar-refractivity contribution in [2.45, 2.75) is 18.2 Å². The van der Waals surface area contributed by atoms with Gasteiger partial charge in [0.25, 0.3) is 0 Å². The molecule has 1 saturated heterocycles. The largest absolute Gasteiger partial charge is 0.465 e. The van der Waals surface area contributed by atoms with Crippen molar-refractivity contribution >= 4 is 55.8 Å². The van der Waals surface area contributed by atoms with E-state index in [1.165, 1.54) is 20.3 Å². The third kappa shape index (κ3) is 5.41. The number of hydrogen-bond donors (Lipinski definition) is 0. The first-order valence-corrected chi connectivity index (χ1v) is 8.55. The summed E-state index contributed by atoms with van der Waals surface area (Å²) >= 11 is 6.07. The topological polar surface area (TPSA) is 90.0 Å². The third-order valence-corrected chi connectivity index (χ3v) is 4.42. The van der Waals surface area contributed by atoms with E-state index in [1.807, 2.05) is 0 Å².